The third-order valence-corrected chi connectivity index (χ3v) is 4.19. The molecular weight excluding hydrogens is 378 g/mol. The molecule has 0 saturated carbocycles. The summed E-state index contributed by atoms with van der Waals surface area (Å²) in [6.45, 7) is 0. The molecular formula is C17H11BrClN3O. The Bertz CT molecular complexity index is 911. The SMILES string of the molecule is O=C(NN=Cc1cc2ccccc2nc1Cl)c1ccccc1Br. The van der Waals surface area contributed by atoms with Gasteiger partial charge in [0, 0.05) is 15.4 Å². The number of fused-ring (bicyclic) bond motifs is 1. The third kappa shape index (κ3) is 3.57. The molecule has 0 atom stereocenters. The minimum atomic E-state index is -0.307. The van der Waals surface area contributed by atoms with Crippen molar-refractivity contribution in [3.63, 3.8) is 0 Å². The molecule has 0 aliphatic carbocycles. The highest BCUT2D eigenvalue weighted by Gasteiger charge is 2.08. The fourth-order valence-corrected chi connectivity index (χ4v) is 2.72. The number of halogens is 2. The van der Waals surface area contributed by atoms with E-state index in [1.165, 1.54) is 6.21 Å². The minimum Gasteiger partial charge on any atom is -0.267 e. The maximum Gasteiger partial charge on any atom is 0.272 e. The largest absolute Gasteiger partial charge is 0.272 e. The highest BCUT2D eigenvalue weighted by molar-refractivity contribution is 9.10. The van der Waals surface area contributed by atoms with Crippen LogP contribution in [0, 0.1) is 0 Å². The molecule has 1 amide bonds. The molecule has 0 saturated heterocycles. The van der Waals surface area contributed by atoms with Crippen LogP contribution >= 0.6 is 27.5 Å². The molecule has 4 nitrogen and oxygen atoms in total. The lowest BCUT2D eigenvalue weighted by Crippen LogP contribution is -2.18. The lowest BCUT2D eigenvalue weighted by Gasteiger charge is -2.03. The van der Waals surface area contributed by atoms with Crippen molar-refractivity contribution < 1.29 is 4.79 Å². The zero-order valence-corrected chi connectivity index (χ0v) is 14.2. The van der Waals surface area contributed by atoms with Crippen LogP contribution in [0.15, 0.2) is 64.2 Å². The predicted molar refractivity (Wildman–Crippen MR) is 96.0 cm³/mol. The minimum absolute atomic E-state index is 0.307. The number of benzene rings is 2. The Morgan fingerprint density at radius 3 is 2.74 bits per heavy atom. The number of nitrogens with zero attached hydrogens (tertiary/aromatic N) is 2. The van der Waals surface area contributed by atoms with Gasteiger partial charge in [-0.1, -0.05) is 41.9 Å². The number of amides is 1. The first-order chi connectivity index (χ1) is 11.1. The Balaban J connectivity index is 1.79. The van der Waals surface area contributed by atoms with Crippen LogP contribution in [-0.2, 0) is 0 Å². The van der Waals surface area contributed by atoms with Crippen LogP contribution in [0.2, 0.25) is 5.15 Å². The van der Waals surface area contributed by atoms with Gasteiger partial charge in [0.05, 0.1) is 17.3 Å². The summed E-state index contributed by atoms with van der Waals surface area (Å²) in [5.74, 6) is -0.307. The van der Waals surface area contributed by atoms with Gasteiger partial charge < -0.3 is 0 Å². The van der Waals surface area contributed by atoms with Crippen molar-refractivity contribution >= 4 is 50.6 Å². The predicted octanol–water partition coefficient (Wildman–Crippen LogP) is 4.41. The van der Waals surface area contributed by atoms with Gasteiger partial charge in [-0.3, -0.25) is 4.79 Å². The quantitative estimate of drug-likeness (QED) is 0.410. The summed E-state index contributed by atoms with van der Waals surface area (Å²) in [7, 11) is 0. The Labute approximate surface area is 146 Å². The normalized spacial score (nSPS) is 11.0. The number of carbonyl (C=O) groups is 1. The van der Waals surface area contributed by atoms with E-state index in [1.54, 1.807) is 18.2 Å². The Kier molecular flexibility index (Phi) is 4.69. The summed E-state index contributed by atoms with van der Waals surface area (Å²) < 4.78 is 0.707. The molecule has 0 radical (unpaired) electrons. The number of aromatic nitrogens is 1. The Morgan fingerprint density at radius 1 is 1.17 bits per heavy atom. The second-order valence-electron chi connectivity index (χ2n) is 4.74. The number of pyridine rings is 1. The zero-order valence-electron chi connectivity index (χ0n) is 11.8. The molecule has 114 valence electrons. The molecule has 1 N–H and O–H groups in total. The molecule has 3 aromatic rings. The summed E-state index contributed by atoms with van der Waals surface area (Å²) >= 11 is 9.47. The number of nitrogens with one attached hydrogen (secondary N) is 1. The van der Waals surface area contributed by atoms with Crippen molar-refractivity contribution in [3.8, 4) is 0 Å². The van der Waals surface area contributed by atoms with Crippen LogP contribution in [0.4, 0.5) is 0 Å². The number of hydrazone groups is 1. The molecule has 0 bridgehead atoms. The first kappa shape index (κ1) is 15.6. The summed E-state index contributed by atoms with van der Waals surface area (Å²) in [4.78, 5) is 16.3. The molecule has 6 heteroatoms. The van der Waals surface area contributed by atoms with E-state index in [2.05, 4.69) is 31.4 Å². The van der Waals surface area contributed by atoms with Crippen molar-refractivity contribution in [2.75, 3.05) is 0 Å². The maximum atomic E-state index is 12.0. The fraction of sp³-hybridized carbons (Fsp3) is 0. The Hall–Kier alpha value is -2.24. The average molecular weight is 389 g/mol. The summed E-state index contributed by atoms with van der Waals surface area (Å²) in [6, 6.07) is 16.6. The first-order valence-electron chi connectivity index (χ1n) is 6.78. The topological polar surface area (TPSA) is 54.4 Å². The first-order valence-corrected chi connectivity index (χ1v) is 7.95. The van der Waals surface area contributed by atoms with Gasteiger partial charge in [0.1, 0.15) is 5.15 Å². The van der Waals surface area contributed by atoms with E-state index >= 15 is 0 Å². The van der Waals surface area contributed by atoms with Gasteiger partial charge in [0.2, 0.25) is 0 Å². The monoisotopic (exact) mass is 387 g/mol. The lowest BCUT2D eigenvalue weighted by atomic mass is 10.2. The van der Waals surface area contributed by atoms with Gasteiger partial charge in [-0.15, -0.1) is 0 Å². The molecule has 3 rings (SSSR count). The van der Waals surface area contributed by atoms with Crippen molar-refractivity contribution in [3.05, 3.63) is 75.4 Å². The third-order valence-electron chi connectivity index (χ3n) is 3.19. The number of carbonyl (C=O) groups excluding carboxylic acids is 1. The van der Waals surface area contributed by atoms with Crippen molar-refractivity contribution in [1.29, 1.82) is 0 Å². The molecule has 0 unspecified atom stereocenters. The van der Waals surface area contributed by atoms with E-state index in [-0.39, 0.29) is 5.91 Å². The van der Waals surface area contributed by atoms with Crippen LogP contribution in [0.3, 0.4) is 0 Å². The average Bonchev–Trinajstić information content (AvgIpc) is 2.55. The van der Waals surface area contributed by atoms with Crippen LogP contribution in [0.1, 0.15) is 15.9 Å². The fourth-order valence-electron chi connectivity index (χ4n) is 2.07. The van der Waals surface area contributed by atoms with E-state index < -0.39 is 0 Å². The number of rotatable bonds is 3. The van der Waals surface area contributed by atoms with E-state index in [9.17, 15) is 4.79 Å². The number of para-hydroxylation sites is 1. The van der Waals surface area contributed by atoms with E-state index in [0.29, 0.717) is 20.8 Å². The van der Waals surface area contributed by atoms with Gasteiger partial charge in [-0.25, -0.2) is 10.4 Å². The van der Waals surface area contributed by atoms with Gasteiger partial charge in [-0.05, 0) is 40.2 Å². The smallest absolute Gasteiger partial charge is 0.267 e. The molecule has 0 aliphatic rings. The van der Waals surface area contributed by atoms with Gasteiger partial charge in [0.25, 0.3) is 5.91 Å². The molecule has 2 aromatic carbocycles. The molecule has 0 aliphatic heterocycles. The van der Waals surface area contributed by atoms with Crippen LogP contribution in [0.5, 0.6) is 0 Å². The highest BCUT2D eigenvalue weighted by Crippen LogP contribution is 2.19. The van der Waals surface area contributed by atoms with Crippen molar-refractivity contribution in [2.24, 2.45) is 5.10 Å². The molecule has 0 fully saturated rings. The standard InChI is InChI=1S/C17H11BrClN3O/c18-14-7-3-2-6-13(14)17(23)22-20-10-12-9-11-5-1-4-8-15(11)21-16(12)19/h1-10H,(H,22,23). The van der Waals surface area contributed by atoms with E-state index in [1.807, 2.05) is 36.4 Å². The van der Waals surface area contributed by atoms with E-state index in [0.717, 1.165) is 10.9 Å². The lowest BCUT2D eigenvalue weighted by molar-refractivity contribution is 0.0954. The van der Waals surface area contributed by atoms with Crippen LogP contribution in [-0.4, -0.2) is 17.1 Å². The van der Waals surface area contributed by atoms with Gasteiger partial charge in [0.15, 0.2) is 0 Å². The number of hydrogen-bond acceptors (Lipinski definition) is 3. The highest BCUT2D eigenvalue weighted by atomic mass is 79.9. The van der Waals surface area contributed by atoms with Gasteiger partial charge in [-0.2, -0.15) is 5.10 Å². The molecule has 1 heterocycles. The maximum absolute atomic E-state index is 12.0. The van der Waals surface area contributed by atoms with E-state index in [4.69, 9.17) is 11.6 Å². The molecule has 1 aromatic heterocycles. The van der Waals surface area contributed by atoms with Crippen molar-refractivity contribution in [1.82, 2.24) is 10.4 Å². The summed E-state index contributed by atoms with van der Waals surface area (Å²) in [6.07, 6.45) is 1.48. The van der Waals surface area contributed by atoms with Crippen LogP contribution in [0.25, 0.3) is 10.9 Å². The van der Waals surface area contributed by atoms with Crippen molar-refractivity contribution in [2.45, 2.75) is 0 Å². The summed E-state index contributed by atoms with van der Waals surface area (Å²) in [5.41, 5.74) is 4.43. The Morgan fingerprint density at radius 2 is 1.91 bits per heavy atom. The summed E-state index contributed by atoms with van der Waals surface area (Å²) in [5, 5.41) is 5.25. The second-order valence-corrected chi connectivity index (χ2v) is 5.95. The zero-order chi connectivity index (χ0) is 16.2. The second kappa shape index (κ2) is 6.89. The molecule has 0 spiro atoms. The molecule has 23 heavy (non-hydrogen) atoms. The van der Waals surface area contributed by atoms with Crippen LogP contribution < -0.4 is 5.43 Å². The number of hydrogen-bond donors (Lipinski definition) is 1. The van der Waals surface area contributed by atoms with Gasteiger partial charge >= 0.3 is 0 Å².